The fourth-order valence-corrected chi connectivity index (χ4v) is 3.37. The van der Waals surface area contributed by atoms with E-state index in [1.54, 1.807) is 30.3 Å². The molecule has 1 atom stereocenters. The molecule has 1 amide bonds. The lowest BCUT2D eigenvalue weighted by atomic mass is 10.2. The smallest absolute Gasteiger partial charge is 0.238 e. The maximum atomic E-state index is 13.9. The number of anilines is 1. The third-order valence-corrected chi connectivity index (χ3v) is 4.35. The van der Waals surface area contributed by atoms with Gasteiger partial charge in [0.05, 0.1) is 11.4 Å². The molecule has 3 rings (SSSR count). The second kappa shape index (κ2) is 5.25. The Balaban J connectivity index is 2.01. The first-order valence-corrected chi connectivity index (χ1v) is 7.15. The molecule has 0 saturated carbocycles. The zero-order chi connectivity index (χ0) is 14.1. The molecular weight excluding hydrogens is 280 g/mol. The van der Waals surface area contributed by atoms with E-state index < -0.39 is 5.82 Å². The Bertz CT molecular complexity index is 645. The van der Waals surface area contributed by atoms with Crippen molar-refractivity contribution >= 4 is 23.4 Å². The summed E-state index contributed by atoms with van der Waals surface area (Å²) in [4.78, 5) is 13.5. The lowest BCUT2D eigenvalue weighted by Crippen LogP contribution is -2.28. The Labute approximate surface area is 119 Å². The van der Waals surface area contributed by atoms with Crippen molar-refractivity contribution in [3.8, 4) is 0 Å². The number of amides is 1. The Morgan fingerprint density at radius 3 is 2.45 bits per heavy atom. The molecule has 1 aliphatic rings. The van der Waals surface area contributed by atoms with Gasteiger partial charge in [-0.25, -0.2) is 8.78 Å². The Kier molecular flexibility index (Phi) is 3.44. The lowest BCUT2D eigenvalue weighted by Gasteiger charge is -2.24. The highest BCUT2D eigenvalue weighted by Gasteiger charge is 2.35. The van der Waals surface area contributed by atoms with Gasteiger partial charge < -0.3 is 0 Å². The standard InChI is InChI=1S/C15H11F2NOS/c16-11-7-5-10(6-8-11)15-18(14(19)9-20-15)13-4-2-1-3-12(13)17/h1-8,15H,9H2/t15-/m0/s1. The molecule has 1 heterocycles. The van der Waals surface area contributed by atoms with Gasteiger partial charge in [-0.05, 0) is 29.8 Å². The number of hydrogen-bond acceptors (Lipinski definition) is 2. The topological polar surface area (TPSA) is 20.3 Å². The molecule has 0 radical (unpaired) electrons. The van der Waals surface area contributed by atoms with Crippen molar-refractivity contribution in [2.24, 2.45) is 0 Å². The van der Waals surface area contributed by atoms with Gasteiger partial charge in [-0.1, -0.05) is 24.3 Å². The number of nitrogens with zero attached hydrogens (tertiary/aromatic N) is 1. The van der Waals surface area contributed by atoms with E-state index in [4.69, 9.17) is 0 Å². The molecule has 1 fully saturated rings. The van der Waals surface area contributed by atoms with Gasteiger partial charge in [0, 0.05) is 0 Å². The second-order valence-corrected chi connectivity index (χ2v) is 5.50. The van der Waals surface area contributed by atoms with Gasteiger partial charge in [0.15, 0.2) is 0 Å². The average molecular weight is 291 g/mol. The van der Waals surface area contributed by atoms with Crippen LogP contribution in [0.3, 0.4) is 0 Å². The summed E-state index contributed by atoms with van der Waals surface area (Å²) in [5.74, 6) is -0.624. The number of thioether (sulfide) groups is 1. The van der Waals surface area contributed by atoms with E-state index in [1.807, 2.05) is 0 Å². The summed E-state index contributed by atoms with van der Waals surface area (Å²) in [6.07, 6.45) is 0. The summed E-state index contributed by atoms with van der Waals surface area (Å²) in [5.41, 5.74) is 1.04. The van der Waals surface area contributed by atoms with Crippen molar-refractivity contribution in [1.29, 1.82) is 0 Å². The zero-order valence-corrected chi connectivity index (χ0v) is 11.2. The van der Waals surface area contributed by atoms with Crippen molar-refractivity contribution in [1.82, 2.24) is 0 Å². The van der Waals surface area contributed by atoms with Crippen molar-refractivity contribution in [3.05, 3.63) is 65.7 Å². The maximum absolute atomic E-state index is 13.9. The number of carbonyl (C=O) groups is 1. The fraction of sp³-hybridized carbons (Fsp3) is 0.133. The molecule has 1 saturated heterocycles. The molecule has 0 spiro atoms. The summed E-state index contributed by atoms with van der Waals surface area (Å²) in [5, 5.41) is -0.319. The number of halogens is 2. The number of carbonyl (C=O) groups excluding carboxylic acids is 1. The highest BCUT2D eigenvalue weighted by Crippen LogP contribution is 2.42. The van der Waals surface area contributed by atoms with Crippen LogP contribution in [-0.2, 0) is 4.79 Å². The summed E-state index contributed by atoms with van der Waals surface area (Å²) >= 11 is 1.41. The molecule has 0 bridgehead atoms. The van der Waals surface area contributed by atoms with Crippen molar-refractivity contribution in [3.63, 3.8) is 0 Å². The van der Waals surface area contributed by atoms with Gasteiger partial charge in [-0.15, -0.1) is 11.8 Å². The van der Waals surface area contributed by atoms with Crippen LogP contribution >= 0.6 is 11.8 Å². The molecule has 0 N–H and O–H groups in total. The molecule has 20 heavy (non-hydrogen) atoms. The lowest BCUT2D eigenvalue weighted by molar-refractivity contribution is -0.115. The minimum Gasteiger partial charge on any atom is -0.292 e. The van der Waals surface area contributed by atoms with E-state index in [2.05, 4.69) is 0 Å². The normalized spacial score (nSPS) is 18.6. The second-order valence-electron chi connectivity index (χ2n) is 4.43. The minimum atomic E-state index is -0.435. The third-order valence-electron chi connectivity index (χ3n) is 3.14. The van der Waals surface area contributed by atoms with E-state index in [0.717, 1.165) is 5.56 Å². The van der Waals surface area contributed by atoms with Crippen LogP contribution in [-0.4, -0.2) is 11.7 Å². The molecule has 1 aliphatic heterocycles. The predicted molar refractivity (Wildman–Crippen MR) is 75.5 cm³/mol. The number of para-hydroxylation sites is 1. The number of hydrogen-bond donors (Lipinski definition) is 0. The quantitative estimate of drug-likeness (QED) is 0.840. The van der Waals surface area contributed by atoms with Crippen LogP contribution in [0, 0.1) is 11.6 Å². The van der Waals surface area contributed by atoms with Crippen LogP contribution in [0.4, 0.5) is 14.5 Å². The molecule has 2 nitrogen and oxygen atoms in total. The van der Waals surface area contributed by atoms with Gasteiger partial charge >= 0.3 is 0 Å². The summed E-state index contributed by atoms with van der Waals surface area (Å²) in [6.45, 7) is 0. The predicted octanol–water partition coefficient (Wildman–Crippen LogP) is 3.74. The average Bonchev–Trinajstić information content (AvgIpc) is 2.82. The van der Waals surface area contributed by atoms with E-state index in [-0.39, 0.29) is 28.5 Å². The van der Waals surface area contributed by atoms with Gasteiger partial charge in [0.25, 0.3) is 0 Å². The first-order chi connectivity index (χ1) is 9.66. The van der Waals surface area contributed by atoms with Crippen LogP contribution in [0.25, 0.3) is 0 Å². The molecule has 2 aromatic rings. The highest BCUT2D eigenvalue weighted by molar-refractivity contribution is 8.00. The first-order valence-electron chi connectivity index (χ1n) is 6.10. The molecule has 0 aromatic heterocycles. The Hall–Kier alpha value is -1.88. The van der Waals surface area contributed by atoms with Gasteiger partial charge in [-0.2, -0.15) is 0 Å². The first kappa shape index (κ1) is 13.1. The van der Waals surface area contributed by atoms with Crippen LogP contribution in [0.15, 0.2) is 48.5 Å². The highest BCUT2D eigenvalue weighted by atomic mass is 32.2. The van der Waals surface area contributed by atoms with Crippen LogP contribution in [0.5, 0.6) is 0 Å². The molecule has 102 valence electrons. The molecule has 2 aromatic carbocycles. The van der Waals surface area contributed by atoms with Crippen LogP contribution < -0.4 is 4.90 Å². The summed E-state index contributed by atoms with van der Waals surface area (Å²) in [7, 11) is 0. The molecular formula is C15H11F2NOS. The van der Waals surface area contributed by atoms with Crippen LogP contribution in [0.1, 0.15) is 10.9 Å². The summed E-state index contributed by atoms with van der Waals surface area (Å²) < 4.78 is 26.9. The van der Waals surface area contributed by atoms with Gasteiger partial charge in [-0.3, -0.25) is 9.69 Å². The molecule has 5 heteroatoms. The third kappa shape index (κ3) is 2.29. The Morgan fingerprint density at radius 1 is 1.05 bits per heavy atom. The van der Waals surface area contributed by atoms with E-state index in [0.29, 0.717) is 0 Å². The minimum absolute atomic E-state index is 0.144. The van der Waals surface area contributed by atoms with Crippen molar-refractivity contribution < 1.29 is 13.6 Å². The van der Waals surface area contributed by atoms with Gasteiger partial charge in [0.2, 0.25) is 5.91 Å². The molecule has 0 aliphatic carbocycles. The fourth-order valence-electron chi connectivity index (χ4n) is 2.21. The summed E-state index contributed by atoms with van der Waals surface area (Å²) in [6, 6.07) is 12.1. The zero-order valence-electron chi connectivity index (χ0n) is 10.4. The van der Waals surface area contributed by atoms with Crippen molar-refractivity contribution in [2.75, 3.05) is 10.7 Å². The number of benzene rings is 2. The number of rotatable bonds is 2. The van der Waals surface area contributed by atoms with Crippen molar-refractivity contribution in [2.45, 2.75) is 5.37 Å². The SMILES string of the molecule is O=C1CS[C@@H](c2ccc(F)cc2)N1c1ccccc1F. The van der Waals surface area contributed by atoms with Gasteiger partial charge in [0.1, 0.15) is 17.0 Å². The monoisotopic (exact) mass is 291 g/mol. The van der Waals surface area contributed by atoms with E-state index in [1.165, 1.54) is 34.9 Å². The molecule has 0 unspecified atom stereocenters. The maximum Gasteiger partial charge on any atom is 0.238 e. The Morgan fingerprint density at radius 2 is 1.75 bits per heavy atom. The largest absolute Gasteiger partial charge is 0.292 e. The van der Waals surface area contributed by atoms with E-state index >= 15 is 0 Å². The van der Waals surface area contributed by atoms with Crippen LogP contribution in [0.2, 0.25) is 0 Å². The van der Waals surface area contributed by atoms with E-state index in [9.17, 15) is 13.6 Å².